The van der Waals surface area contributed by atoms with E-state index in [9.17, 15) is 9.18 Å². The molecular weight excluding hydrogens is 407 g/mol. The molecule has 1 aliphatic carbocycles. The van der Waals surface area contributed by atoms with E-state index in [4.69, 9.17) is 14.2 Å². The minimum Gasteiger partial charge on any atom is -0.493 e. The van der Waals surface area contributed by atoms with Gasteiger partial charge in [-0.25, -0.2) is 9.37 Å². The predicted molar refractivity (Wildman–Crippen MR) is 116 cm³/mol. The molecule has 30 heavy (non-hydrogen) atoms. The van der Waals surface area contributed by atoms with Crippen molar-refractivity contribution in [1.82, 2.24) is 9.97 Å². The Kier molecular flexibility index (Phi) is 7.28. The maximum atomic E-state index is 14.6. The standard InChI is InChI=1S/C22H29FN2O4S/c1-27-15-2-4-17(5-3-15)30-13-20-24-19-11-16(10-18(23)21(19)22(26)25-20)29-12-14-6-8-28-9-7-14/h10-11,14-15,17H,2-9,12-13H2,1H3,(H,24,25,26). The highest BCUT2D eigenvalue weighted by atomic mass is 32.2. The first-order valence-corrected chi connectivity index (χ1v) is 11.7. The summed E-state index contributed by atoms with van der Waals surface area (Å²) >= 11 is 1.79. The summed E-state index contributed by atoms with van der Waals surface area (Å²) in [5, 5.41) is 0.519. The second-order valence-corrected chi connectivity index (χ2v) is 9.41. The zero-order valence-electron chi connectivity index (χ0n) is 17.3. The van der Waals surface area contributed by atoms with Gasteiger partial charge in [-0.1, -0.05) is 0 Å². The van der Waals surface area contributed by atoms with Crippen LogP contribution in [-0.4, -0.2) is 48.3 Å². The van der Waals surface area contributed by atoms with E-state index in [1.54, 1.807) is 24.9 Å². The Bertz CT molecular complexity index is 908. The first-order chi connectivity index (χ1) is 14.6. The van der Waals surface area contributed by atoms with Gasteiger partial charge in [0.1, 0.15) is 22.8 Å². The average Bonchev–Trinajstić information content (AvgIpc) is 2.77. The molecule has 2 aliphatic rings. The van der Waals surface area contributed by atoms with E-state index in [-0.39, 0.29) is 5.39 Å². The number of methoxy groups -OCH3 is 1. The molecule has 1 aromatic heterocycles. The molecule has 1 aliphatic heterocycles. The van der Waals surface area contributed by atoms with Gasteiger partial charge >= 0.3 is 0 Å². The Morgan fingerprint density at radius 2 is 1.97 bits per heavy atom. The molecule has 4 rings (SSSR count). The number of H-pyrrole nitrogens is 1. The van der Waals surface area contributed by atoms with Crippen LogP contribution in [0.25, 0.3) is 10.9 Å². The number of nitrogens with zero attached hydrogens (tertiary/aromatic N) is 1. The lowest BCUT2D eigenvalue weighted by atomic mass is 9.97. The highest BCUT2D eigenvalue weighted by Crippen LogP contribution is 2.31. The molecule has 1 N–H and O–H groups in total. The number of ether oxygens (including phenoxy) is 3. The number of thioether (sulfide) groups is 1. The molecule has 0 spiro atoms. The van der Waals surface area contributed by atoms with Gasteiger partial charge in [-0.2, -0.15) is 11.8 Å². The summed E-state index contributed by atoms with van der Waals surface area (Å²) in [7, 11) is 1.77. The SMILES string of the molecule is COC1CCC(SCc2nc3cc(OCC4CCOCC4)cc(F)c3c(=O)[nH]2)CC1. The number of rotatable bonds is 7. The zero-order valence-corrected chi connectivity index (χ0v) is 18.1. The Hall–Kier alpha value is -1.64. The number of hydrogen-bond acceptors (Lipinski definition) is 6. The quantitative estimate of drug-likeness (QED) is 0.706. The molecule has 2 fully saturated rings. The third-order valence-corrected chi connectivity index (χ3v) is 7.40. The van der Waals surface area contributed by atoms with Crippen LogP contribution >= 0.6 is 11.8 Å². The van der Waals surface area contributed by atoms with Crippen LogP contribution in [0.2, 0.25) is 0 Å². The fourth-order valence-electron chi connectivity index (χ4n) is 4.16. The summed E-state index contributed by atoms with van der Waals surface area (Å²) in [6, 6.07) is 2.95. The minimum absolute atomic E-state index is 0.0113. The second-order valence-electron chi connectivity index (χ2n) is 8.12. The summed E-state index contributed by atoms with van der Waals surface area (Å²) in [5.74, 6) is 1.40. The molecule has 0 amide bonds. The molecular formula is C22H29FN2O4S. The Morgan fingerprint density at radius 1 is 1.20 bits per heavy atom. The van der Waals surface area contributed by atoms with Crippen LogP contribution in [-0.2, 0) is 15.2 Å². The predicted octanol–water partition coefficient (Wildman–Crippen LogP) is 4.06. The van der Waals surface area contributed by atoms with Gasteiger partial charge in [0, 0.05) is 37.7 Å². The Balaban J connectivity index is 1.43. The summed E-state index contributed by atoms with van der Waals surface area (Å²) in [4.78, 5) is 19.7. The third-order valence-electron chi connectivity index (χ3n) is 6.02. The molecule has 2 aromatic rings. The molecule has 0 unspecified atom stereocenters. The van der Waals surface area contributed by atoms with Crippen LogP contribution in [0, 0.1) is 11.7 Å². The summed E-state index contributed by atoms with van der Waals surface area (Å²) < 4.78 is 31.2. The van der Waals surface area contributed by atoms with Crippen molar-refractivity contribution in [2.45, 2.75) is 55.6 Å². The van der Waals surface area contributed by atoms with Gasteiger partial charge in [-0.05, 0) is 44.4 Å². The molecule has 164 valence electrons. The van der Waals surface area contributed by atoms with Crippen molar-refractivity contribution in [2.24, 2.45) is 5.92 Å². The number of aromatic amines is 1. The second kappa shape index (κ2) is 10.1. The summed E-state index contributed by atoms with van der Waals surface area (Å²) in [5.41, 5.74) is -0.0911. The third kappa shape index (κ3) is 5.34. The smallest absolute Gasteiger partial charge is 0.261 e. The van der Waals surface area contributed by atoms with Gasteiger partial charge < -0.3 is 19.2 Å². The van der Waals surface area contributed by atoms with Crippen LogP contribution in [0.3, 0.4) is 0 Å². The van der Waals surface area contributed by atoms with Crippen molar-refractivity contribution < 1.29 is 18.6 Å². The lowest BCUT2D eigenvalue weighted by Gasteiger charge is -2.26. The number of hydrogen-bond donors (Lipinski definition) is 1. The topological polar surface area (TPSA) is 73.4 Å². The van der Waals surface area contributed by atoms with E-state index < -0.39 is 11.4 Å². The van der Waals surface area contributed by atoms with Crippen molar-refractivity contribution >= 4 is 22.7 Å². The lowest BCUT2D eigenvalue weighted by molar-refractivity contribution is 0.0497. The molecule has 0 atom stereocenters. The van der Waals surface area contributed by atoms with Crippen molar-refractivity contribution in [3.8, 4) is 5.75 Å². The summed E-state index contributed by atoms with van der Waals surface area (Å²) in [6.45, 7) is 2.00. The number of nitrogens with one attached hydrogen (secondary N) is 1. The average molecular weight is 437 g/mol. The van der Waals surface area contributed by atoms with Gasteiger partial charge in [0.15, 0.2) is 0 Å². The normalized spacial score (nSPS) is 23.0. The van der Waals surface area contributed by atoms with E-state index >= 15 is 0 Å². The van der Waals surface area contributed by atoms with Crippen molar-refractivity contribution in [1.29, 1.82) is 0 Å². The van der Waals surface area contributed by atoms with Gasteiger partial charge in [0.2, 0.25) is 0 Å². The van der Waals surface area contributed by atoms with Gasteiger partial charge in [0.05, 0.1) is 24.0 Å². The van der Waals surface area contributed by atoms with Crippen molar-refractivity contribution in [3.05, 3.63) is 34.1 Å². The van der Waals surface area contributed by atoms with Crippen LogP contribution in [0.1, 0.15) is 44.3 Å². The molecule has 1 saturated carbocycles. The van der Waals surface area contributed by atoms with E-state index in [0.717, 1.165) is 51.7 Å². The van der Waals surface area contributed by atoms with E-state index in [2.05, 4.69) is 9.97 Å². The summed E-state index contributed by atoms with van der Waals surface area (Å²) in [6.07, 6.45) is 6.58. The van der Waals surface area contributed by atoms with E-state index in [1.807, 2.05) is 0 Å². The van der Waals surface area contributed by atoms with Crippen LogP contribution in [0.5, 0.6) is 5.75 Å². The first-order valence-electron chi connectivity index (χ1n) is 10.7. The molecule has 8 heteroatoms. The number of benzene rings is 1. The zero-order chi connectivity index (χ0) is 20.9. The number of aromatic nitrogens is 2. The first kappa shape index (κ1) is 21.6. The monoisotopic (exact) mass is 436 g/mol. The van der Waals surface area contributed by atoms with Crippen LogP contribution < -0.4 is 10.3 Å². The highest BCUT2D eigenvalue weighted by Gasteiger charge is 2.22. The Morgan fingerprint density at radius 3 is 2.70 bits per heavy atom. The van der Waals surface area contributed by atoms with Gasteiger partial charge in [0.25, 0.3) is 5.56 Å². The molecule has 1 saturated heterocycles. The van der Waals surface area contributed by atoms with Gasteiger partial charge in [-0.15, -0.1) is 0 Å². The van der Waals surface area contributed by atoms with E-state index in [0.29, 0.717) is 46.7 Å². The fourth-order valence-corrected chi connectivity index (χ4v) is 5.29. The van der Waals surface area contributed by atoms with Crippen molar-refractivity contribution in [3.63, 3.8) is 0 Å². The van der Waals surface area contributed by atoms with Crippen LogP contribution in [0.15, 0.2) is 16.9 Å². The fraction of sp³-hybridized carbons (Fsp3) is 0.636. The van der Waals surface area contributed by atoms with Crippen molar-refractivity contribution in [2.75, 3.05) is 26.9 Å². The number of halogens is 1. The van der Waals surface area contributed by atoms with Crippen LogP contribution in [0.4, 0.5) is 4.39 Å². The van der Waals surface area contributed by atoms with E-state index in [1.165, 1.54) is 6.07 Å². The number of fused-ring (bicyclic) bond motifs is 1. The molecule has 0 radical (unpaired) electrons. The maximum absolute atomic E-state index is 14.6. The van der Waals surface area contributed by atoms with Gasteiger partial charge in [-0.3, -0.25) is 4.79 Å². The minimum atomic E-state index is -0.597. The maximum Gasteiger partial charge on any atom is 0.261 e. The molecule has 1 aromatic carbocycles. The molecule has 0 bridgehead atoms. The largest absolute Gasteiger partial charge is 0.493 e. The Labute approximate surface area is 179 Å². The molecule has 2 heterocycles. The highest BCUT2D eigenvalue weighted by molar-refractivity contribution is 7.99. The molecule has 6 nitrogen and oxygen atoms in total. The lowest BCUT2D eigenvalue weighted by Crippen LogP contribution is -2.22.